The summed E-state index contributed by atoms with van der Waals surface area (Å²) >= 11 is 0. The van der Waals surface area contributed by atoms with Crippen molar-refractivity contribution in [2.24, 2.45) is 0 Å². The fraction of sp³-hybridized carbons (Fsp3) is 0.333. The molecule has 18 heavy (non-hydrogen) atoms. The molecule has 0 fully saturated rings. The number of rotatable bonds is 4. The third kappa shape index (κ3) is 2.99. The van der Waals surface area contributed by atoms with Gasteiger partial charge in [0.1, 0.15) is 0 Å². The van der Waals surface area contributed by atoms with Crippen molar-refractivity contribution in [2.45, 2.75) is 18.3 Å². The Bertz CT molecular complexity index is 531. The second-order valence-electron chi connectivity index (χ2n) is 3.33. The van der Waals surface area contributed by atoms with Gasteiger partial charge in [-0.1, -0.05) is 0 Å². The first-order chi connectivity index (χ1) is 8.16. The number of alkyl halides is 2. The van der Waals surface area contributed by atoms with Gasteiger partial charge in [-0.05, 0) is 19.1 Å². The first-order valence-corrected chi connectivity index (χ1v) is 6.06. The van der Waals surface area contributed by atoms with Crippen molar-refractivity contribution >= 4 is 16.1 Å². The van der Waals surface area contributed by atoms with Gasteiger partial charge in [0.2, 0.25) is 0 Å². The summed E-state index contributed by atoms with van der Waals surface area (Å²) in [4.78, 5) is 14.9. The number of carbonyl (C=O) groups is 1. The van der Waals surface area contributed by atoms with Crippen LogP contribution in [0.2, 0.25) is 0 Å². The van der Waals surface area contributed by atoms with E-state index in [2.05, 4.69) is 9.72 Å². The predicted molar refractivity (Wildman–Crippen MR) is 55.6 cm³/mol. The summed E-state index contributed by atoms with van der Waals surface area (Å²) < 4.78 is 59.5. The molecule has 0 aliphatic carbocycles. The Kier molecular flexibility index (Phi) is 3.97. The Hall–Kier alpha value is -1.61. The minimum atomic E-state index is -5.66. The molecule has 0 aliphatic heterocycles. The van der Waals surface area contributed by atoms with Gasteiger partial charge in [-0.2, -0.15) is 17.2 Å². The first kappa shape index (κ1) is 14.5. The van der Waals surface area contributed by atoms with Crippen LogP contribution in [0.25, 0.3) is 0 Å². The fourth-order valence-electron chi connectivity index (χ4n) is 0.990. The molecule has 9 heteroatoms. The molecule has 0 amide bonds. The van der Waals surface area contributed by atoms with E-state index in [9.17, 15) is 22.0 Å². The topological polar surface area (TPSA) is 93.6 Å². The number of hydrogen-bond acceptors (Lipinski definition) is 5. The van der Waals surface area contributed by atoms with Crippen LogP contribution in [0.5, 0.6) is 0 Å². The highest BCUT2D eigenvalue weighted by Gasteiger charge is 2.52. The molecule has 1 unspecified atom stereocenters. The highest BCUT2D eigenvalue weighted by molar-refractivity contribution is 7.86. The minimum absolute atomic E-state index is 0.115. The molecular formula is C9H9F2NO5S. The lowest BCUT2D eigenvalue weighted by Gasteiger charge is -2.20. The van der Waals surface area contributed by atoms with Gasteiger partial charge in [0.15, 0.2) is 6.10 Å². The number of hydrogen-bond donors (Lipinski definition) is 1. The van der Waals surface area contributed by atoms with E-state index in [1.54, 1.807) is 0 Å². The SMILES string of the molecule is CC(OC(=O)c1cccnc1)C(F)(F)S(=O)(=O)O. The van der Waals surface area contributed by atoms with E-state index in [4.69, 9.17) is 4.55 Å². The van der Waals surface area contributed by atoms with Crippen molar-refractivity contribution in [3.05, 3.63) is 30.1 Å². The van der Waals surface area contributed by atoms with E-state index in [1.165, 1.54) is 18.3 Å². The Morgan fingerprint density at radius 2 is 2.17 bits per heavy atom. The Morgan fingerprint density at radius 3 is 2.61 bits per heavy atom. The largest absolute Gasteiger partial charge is 0.451 e. The van der Waals surface area contributed by atoms with Crippen molar-refractivity contribution in [3.8, 4) is 0 Å². The number of halogens is 2. The van der Waals surface area contributed by atoms with E-state index in [0.29, 0.717) is 6.92 Å². The van der Waals surface area contributed by atoms with Crippen molar-refractivity contribution in [1.82, 2.24) is 4.98 Å². The standard InChI is InChI=1S/C9H9F2NO5S/c1-6(9(10,11)18(14,15)16)17-8(13)7-3-2-4-12-5-7/h2-6H,1H3,(H,14,15,16). The number of pyridine rings is 1. The van der Waals surface area contributed by atoms with Crippen LogP contribution in [-0.2, 0) is 14.9 Å². The molecule has 0 bridgehead atoms. The third-order valence-corrected chi connectivity index (χ3v) is 3.02. The lowest BCUT2D eigenvalue weighted by atomic mass is 10.3. The molecule has 0 saturated heterocycles. The first-order valence-electron chi connectivity index (χ1n) is 4.62. The maximum absolute atomic E-state index is 13.1. The van der Waals surface area contributed by atoms with Crippen LogP contribution in [-0.4, -0.2) is 35.3 Å². The molecule has 0 aromatic carbocycles. The van der Waals surface area contributed by atoms with Gasteiger partial charge in [0, 0.05) is 12.4 Å². The van der Waals surface area contributed by atoms with Crippen LogP contribution in [0.4, 0.5) is 8.78 Å². The minimum Gasteiger partial charge on any atom is -0.451 e. The molecule has 1 rings (SSSR count). The Labute approximate surface area is 101 Å². The van der Waals surface area contributed by atoms with Gasteiger partial charge in [0.05, 0.1) is 5.56 Å². The van der Waals surface area contributed by atoms with Gasteiger partial charge < -0.3 is 4.74 Å². The third-order valence-electron chi connectivity index (χ3n) is 2.00. The number of carbonyl (C=O) groups excluding carboxylic acids is 1. The lowest BCUT2D eigenvalue weighted by Crippen LogP contribution is -2.42. The van der Waals surface area contributed by atoms with E-state index in [1.807, 2.05) is 0 Å². The van der Waals surface area contributed by atoms with Crippen LogP contribution < -0.4 is 0 Å². The summed E-state index contributed by atoms with van der Waals surface area (Å²) in [5, 5.41) is -4.58. The Balaban J connectivity index is 2.84. The average Bonchev–Trinajstić information content (AvgIpc) is 2.28. The summed E-state index contributed by atoms with van der Waals surface area (Å²) in [5.41, 5.74) is -0.115. The monoisotopic (exact) mass is 281 g/mol. The van der Waals surface area contributed by atoms with Gasteiger partial charge in [-0.25, -0.2) is 4.79 Å². The second-order valence-corrected chi connectivity index (χ2v) is 4.82. The summed E-state index contributed by atoms with van der Waals surface area (Å²) in [7, 11) is -5.66. The maximum Gasteiger partial charge on any atom is 0.405 e. The van der Waals surface area contributed by atoms with E-state index in [0.717, 1.165) is 6.20 Å². The predicted octanol–water partition coefficient (Wildman–Crippen LogP) is 1.11. The normalized spacial score (nSPS) is 14.0. The highest BCUT2D eigenvalue weighted by atomic mass is 32.2. The zero-order chi connectivity index (χ0) is 14.0. The van der Waals surface area contributed by atoms with Gasteiger partial charge >= 0.3 is 21.3 Å². The average molecular weight is 281 g/mol. The molecule has 1 aromatic heterocycles. The molecule has 100 valence electrons. The van der Waals surface area contributed by atoms with Crippen molar-refractivity contribution in [1.29, 1.82) is 0 Å². The van der Waals surface area contributed by atoms with E-state index in [-0.39, 0.29) is 5.56 Å². The number of ether oxygens (including phenoxy) is 1. The van der Waals surface area contributed by atoms with Crippen LogP contribution in [0.3, 0.4) is 0 Å². The molecule has 1 atom stereocenters. The van der Waals surface area contributed by atoms with Crippen molar-refractivity contribution < 1.29 is 31.3 Å². The summed E-state index contributed by atoms with van der Waals surface area (Å²) in [5.74, 6) is -1.17. The molecule has 0 spiro atoms. The van der Waals surface area contributed by atoms with E-state index >= 15 is 0 Å². The zero-order valence-corrected chi connectivity index (χ0v) is 9.89. The smallest absolute Gasteiger partial charge is 0.405 e. The van der Waals surface area contributed by atoms with Crippen LogP contribution in [0.1, 0.15) is 17.3 Å². The summed E-state index contributed by atoms with van der Waals surface area (Å²) in [6.07, 6.45) is 0.0911. The van der Waals surface area contributed by atoms with E-state index < -0.39 is 27.4 Å². The van der Waals surface area contributed by atoms with Crippen LogP contribution >= 0.6 is 0 Å². The molecule has 1 N–H and O–H groups in total. The molecule has 0 aliphatic rings. The number of aromatic nitrogens is 1. The Morgan fingerprint density at radius 1 is 1.56 bits per heavy atom. The van der Waals surface area contributed by atoms with Gasteiger partial charge in [0.25, 0.3) is 0 Å². The molecule has 0 radical (unpaired) electrons. The fourth-order valence-corrected chi connectivity index (χ4v) is 1.46. The second kappa shape index (κ2) is 4.94. The molecule has 1 aromatic rings. The number of esters is 1. The van der Waals surface area contributed by atoms with Crippen LogP contribution in [0.15, 0.2) is 24.5 Å². The molecule has 1 heterocycles. The quantitative estimate of drug-likeness (QED) is 0.656. The van der Waals surface area contributed by atoms with Crippen LogP contribution in [0, 0.1) is 0 Å². The van der Waals surface area contributed by atoms with Crippen molar-refractivity contribution in [2.75, 3.05) is 0 Å². The molecular weight excluding hydrogens is 272 g/mol. The molecule has 0 saturated carbocycles. The summed E-state index contributed by atoms with van der Waals surface area (Å²) in [6, 6.07) is 2.63. The van der Waals surface area contributed by atoms with Gasteiger partial charge in [-0.15, -0.1) is 0 Å². The van der Waals surface area contributed by atoms with Gasteiger partial charge in [-0.3, -0.25) is 9.54 Å². The zero-order valence-electron chi connectivity index (χ0n) is 9.08. The lowest BCUT2D eigenvalue weighted by molar-refractivity contribution is -0.0550. The highest BCUT2D eigenvalue weighted by Crippen LogP contribution is 2.27. The maximum atomic E-state index is 13.1. The summed E-state index contributed by atoms with van der Waals surface area (Å²) in [6.45, 7) is 0.655. The number of nitrogens with zero attached hydrogens (tertiary/aromatic N) is 1. The molecule has 6 nitrogen and oxygen atoms in total. The van der Waals surface area contributed by atoms with Crippen molar-refractivity contribution in [3.63, 3.8) is 0 Å².